The highest BCUT2D eigenvalue weighted by molar-refractivity contribution is 6.52. The maximum absolute atomic E-state index is 12.4. The fraction of sp³-hybridized carbons (Fsp3) is 0. The van der Waals surface area contributed by atoms with Crippen molar-refractivity contribution in [2.24, 2.45) is 0 Å². The molecule has 5 nitrogen and oxygen atoms in total. The molecule has 0 saturated heterocycles. The fourth-order valence-corrected chi connectivity index (χ4v) is 3.39. The zero-order valence-corrected chi connectivity index (χ0v) is 16.8. The molecule has 0 atom stereocenters. The van der Waals surface area contributed by atoms with Gasteiger partial charge in [0.05, 0.1) is 26.8 Å². The number of fused-ring (bicyclic) bond motifs is 1. The van der Waals surface area contributed by atoms with Crippen molar-refractivity contribution in [3.8, 4) is 11.3 Å². The second-order valence-corrected chi connectivity index (χ2v) is 7.17. The molecular weight excluding hydrogens is 425 g/mol. The Morgan fingerprint density at radius 2 is 1.73 bits per heavy atom. The number of furan rings is 1. The molecule has 0 fully saturated rings. The van der Waals surface area contributed by atoms with Gasteiger partial charge in [0.15, 0.2) is 0 Å². The summed E-state index contributed by atoms with van der Waals surface area (Å²) in [5, 5.41) is 10.9. The van der Waals surface area contributed by atoms with Crippen molar-refractivity contribution >= 4 is 57.5 Å². The predicted octanol–water partition coefficient (Wildman–Crippen LogP) is 6.00. The van der Waals surface area contributed by atoms with Gasteiger partial charge in [-0.25, -0.2) is 9.78 Å². The number of aromatic nitrogens is 1. The third kappa shape index (κ3) is 3.85. The minimum atomic E-state index is -1.58. The minimum Gasteiger partial charge on any atom is -0.475 e. The van der Waals surface area contributed by atoms with Gasteiger partial charge in [0.25, 0.3) is 5.78 Å². The van der Waals surface area contributed by atoms with E-state index in [0.717, 1.165) is 5.39 Å². The number of hydrogen-bond acceptors (Lipinski definition) is 4. The number of carboxylic acids is 1. The number of ketones is 1. The maximum atomic E-state index is 12.4. The lowest BCUT2D eigenvalue weighted by Gasteiger charge is -2.05. The topological polar surface area (TPSA) is 80.4 Å². The van der Waals surface area contributed by atoms with E-state index in [1.54, 1.807) is 48.5 Å². The van der Waals surface area contributed by atoms with Crippen LogP contribution >= 0.6 is 23.2 Å². The van der Waals surface area contributed by atoms with Crippen molar-refractivity contribution in [3.05, 3.63) is 88.2 Å². The van der Waals surface area contributed by atoms with Gasteiger partial charge in [-0.3, -0.25) is 4.79 Å². The number of para-hydroxylation sites is 1. The molecule has 0 amide bonds. The third-order valence-corrected chi connectivity index (χ3v) is 5.26. The van der Waals surface area contributed by atoms with Crippen molar-refractivity contribution < 1.29 is 19.1 Å². The number of hydrogen-bond donors (Lipinski definition) is 1. The highest BCUT2D eigenvalue weighted by Crippen LogP contribution is 2.35. The van der Waals surface area contributed by atoms with Crippen LogP contribution in [0.4, 0.5) is 0 Å². The first-order valence-electron chi connectivity index (χ1n) is 8.84. The molecule has 0 aliphatic carbocycles. The van der Waals surface area contributed by atoms with E-state index in [-0.39, 0.29) is 17.0 Å². The van der Waals surface area contributed by atoms with E-state index in [9.17, 15) is 14.7 Å². The van der Waals surface area contributed by atoms with E-state index in [0.29, 0.717) is 26.9 Å². The monoisotopic (exact) mass is 437 g/mol. The minimum absolute atomic E-state index is 0.0913. The Balaban J connectivity index is 1.80. The smallest absolute Gasteiger partial charge is 0.377 e. The summed E-state index contributed by atoms with van der Waals surface area (Å²) in [5.41, 5.74) is 1.37. The Hall–Kier alpha value is -3.41. The van der Waals surface area contributed by atoms with Gasteiger partial charge >= 0.3 is 5.97 Å². The molecular formula is C23H13Cl2NO4. The van der Waals surface area contributed by atoms with Crippen LogP contribution in [0, 0.1) is 0 Å². The summed E-state index contributed by atoms with van der Waals surface area (Å²) in [6.07, 6.45) is 1.36. The maximum Gasteiger partial charge on any atom is 0.377 e. The molecule has 4 rings (SSSR count). The van der Waals surface area contributed by atoms with Gasteiger partial charge in [0.2, 0.25) is 0 Å². The van der Waals surface area contributed by atoms with Crippen LogP contribution < -0.4 is 0 Å². The normalized spacial score (nSPS) is 11.6. The van der Waals surface area contributed by atoms with E-state index in [4.69, 9.17) is 27.6 Å². The Labute approximate surface area is 181 Å². The number of pyridine rings is 1. The number of carbonyl (C=O) groups is 2. The zero-order valence-electron chi connectivity index (χ0n) is 15.3. The first-order valence-corrected chi connectivity index (χ1v) is 9.59. The van der Waals surface area contributed by atoms with Gasteiger partial charge in [-0.05, 0) is 42.5 Å². The largest absolute Gasteiger partial charge is 0.475 e. The summed E-state index contributed by atoms with van der Waals surface area (Å²) in [7, 11) is 0. The van der Waals surface area contributed by atoms with Crippen molar-refractivity contribution in [2.75, 3.05) is 0 Å². The number of carbonyl (C=O) groups excluding carboxylic acids is 1. The Kier molecular flexibility index (Phi) is 5.40. The molecule has 7 heteroatoms. The Bertz CT molecular complexity index is 1320. The van der Waals surface area contributed by atoms with Gasteiger partial charge in [0, 0.05) is 10.9 Å². The molecule has 2 aromatic carbocycles. The summed E-state index contributed by atoms with van der Waals surface area (Å²) in [6.45, 7) is 0. The van der Waals surface area contributed by atoms with E-state index in [1.807, 2.05) is 18.2 Å². The summed E-state index contributed by atoms with van der Waals surface area (Å²) in [4.78, 5) is 28.2. The molecule has 2 aromatic heterocycles. The standard InChI is InChI=1S/C23H13Cl2NO4/c24-17-6-3-5-15(21(17)25)20-11-9-14(30-20)12-16(22(27)23(28)29)19-10-8-13-4-1-2-7-18(13)26-19/h1-12H,(H,28,29). The molecule has 0 radical (unpaired) electrons. The van der Waals surface area contributed by atoms with Gasteiger partial charge in [-0.15, -0.1) is 0 Å². The van der Waals surface area contributed by atoms with Crippen LogP contribution in [0.25, 0.3) is 33.9 Å². The van der Waals surface area contributed by atoms with Gasteiger partial charge in [-0.2, -0.15) is 0 Å². The number of benzene rings is 2. The average molecular weight is 438 g/mol. The van der Waals surface area contributed by atoms with Gasteiger partial charge in [-0.1, -0.05) is 53.5 Å². The second-order valence-electron chi connectivity index (χ2n) is 6.38. The van der Waals surface area contributed by atoms with E-state index in [1.165, 1.54) is 6.08 Å². The van der Waals surface area contributed by atoms with Crippen LogP contribution in [0.1, 0.15) is 11.5 Å². The number of Topliss-reactive ketones (excluding diaryl/α,β-unsaturated/α-hetero) is 1. The number of nitrogens with zero attached hydrogens (tertiary/aromatic N) is 1. The summed E-state index contributed by atoms with van der Waals surface area (Å²) in [5.74, 6) is -1.96. The Morgan fingerprint density at radius 3 is 2.53 bits per heavy atom. The lowest BCUT2D eigenvalue weighted by molar-refractivity contribution is -0.146. The van der Waals surface area contributed by atoms with Crippen LogP contribution in [-0.4, -0.2) is 21.8 Å². The summed E-state index contributed by atoms with van der Waals surface area (Å²) in [6, 6.07) is 19.1. The molecule has 0 unspecified atom stereocenters. The molecule has 2 heterocycles. The lowest BCUT2D eigenvalue weighted by atomic mass is 10.0. The number of carboxylic acid groups (broad SMARTS) is 1. The van der Waals surface area contributed by atoms with Crippen molar-refractivity contribution in [3.63, 3.8) is 0 Å². The number of halogens is 2. The third-order valence-electron chi connectivity index (χ3n) is 4.44. The molecule has 0 aliphatic heterocycles. The summed E-state index contributed by atoms with van der Waals surface area (Å²) >= 11 is 12.3. The Morgan fingerprint density at radius 1 is 0.933 bits per heavy atom. The first kappa shape index (κ1) is 19.9. The zero-order chi connectivity index (χ0) is 21.3. The summed E-state index contributed by atoms with van der Waals surface area (Å²) < 4.78 is 5.78. The van der Waals surface area contributed by atoms with Crippen molar-refractivity contribution in [1.29, 1.82) is 0 Å². The predicted molar refractivity (Wildman–Crippen MR) is 116 cm³/mol. The molecule has 0 spiro atoms. The first-order chi connectivity index (χ1) is 14.4. The number of rotatable bonds is 5. The second kappa shape index (κ2) is 8.14. The molecule has 30 heavy (non-hydrogen) atoms. The van der Waals surface area contributed by atoms with Crippen LogP contribution in [0.15, 0.2) is 71.1 Å². The van der Waals surface area contributed by atoms with Crippen LogP contribution in [-0.2, 0) is 9.59 Å². The highest BCUT2D eigenvalue weighted by atomic mass is 35.5. The molecule has 1 N–H and O–H groups in total. The van der Waals surface area contributed by atoms with Gasteiger partial charge < -0.3 is 9.52 Å². The van der Waals surface area contributed by atoms with Gasteiger partial charge in [0.1, 0.15) is 11.5 Å². The van der Waals surface area contributed by atoms with Crippen LogP contribution in [0.5, 0.6) is 0 Å². The van der Waals surface area contributed by atoms with E-state index in [2.05, 4.69) is 4.98 Å². The quantitative estimate of drug-likeness (QED) is 0.306. The molecule has 0 saturated carbocycles. The average Bonchev–Trinajstić information content (AvgIpc) is 3.21. The number of aliphatic carboxylic acids is 1. The van der Waals surface area contributed by atoms with Crippen molar-refractivity contribution in [1.82, 2.24) is 4.98 Å². The highest BCUT2D eigenvalue weighted by Gasteiger charge is 2.22. The van der Waals surface area contributed by atoms with E-state index < -0.39 is 11.8 Å². The molecule has 4 aromatic rings. The van der Waals surface area contributed by atoms with Crippen LogP contribution in [0.2, 0.25) is 10.0 Å². The van der Waals surface area contributed by atoms with E-state index >= 15 is 0 Å². The lowest BCUT2D eigenvalue weighted by Crippen LogP contribution is -2.15. The van der Waals surface area contributed by atoms with Crippen molar-refractivity contribution in [2.45, 2.75) is 0 Å². The van der Waals surface area contributed by atoms with Crippen LogP contribution in [0.3, 0.4) is 0 Å². The molecule has 148 valence electrons. The SMILES string of the molecule is O=C(O)C(=O)C(=Cc1ccc(-c2cccc(Cl)c2Cl)o1)c1ccc2ccccc2n1. The molecule has 0 bridgehead atoms. The molecule has 0 aliphatic rings. The fourth-order valence-electron chi connectivity index (χ4n) is 3.00.